The van der Waals surface area contributed by atoms with E-state index in [0.29, 0.717) is 19.1 Å². The third kappa shape index (κ3) is 3.68. The topological polar surface area (TPSA) is 53.0 Å². The molecule has 0 spiro atoms. The lowest BCUT2D eigenvalue weighted by atomic mass is 10.2. The monoisotopic (exact) mass is 216 g/mol. The molecule has 1 fully saturated rings. The maximum Gasteiger partial charge on any atom is 0.409 e. The fourth-order valence-electron chi connectivity index (χ4n) is 1.65. The Hall–Kier alpha value is -0.810. The van der Waals surface area contributed by atoms with Crippen LogP contribution in [0.3, 0.4) is 0 Å². The van der Waals surface area contributed by atoms with Gasteiger partial charge in [-0.25, -0.2) is 4.79 Å². The van der Waals surface area contributed by atoms with Crippen molar-refractivity contribution in [2.45, 2.75) is 19.9 Å². The Bertz CT molecular complexity index is 201. The maximum atomic E-state index is 11.4. The Labute approximate surface area is 90.6 Å². The molecule has 0 aromatic rings. The first-order chi connectivity index (χ1) is 7.15. The molecule has 1 saturated heterocycles. The summed E-state index contributed by atoms with van der Waals surface area (Å²) in [5.74, 6) is 0. The van der Waals surface area contributed by atoms with Crippen molar-refractivity contribution >= 4 is 6.09 Å². The molecule has 1 aliphatic rings. The van der Waals surface area contributed by atoms with Crippen LogP contribution in [-0.2, 0) is 4.74 Å². The van der Waals surface area contributed by atoms with Crippen molar-refractivity contribution in [2.24, 2.45) is 0 Å². The van der Waals surface area contributed by atoms with E-state index in [9.17, 15) is 4.79 Å². The van der Waals surface area contributed by atoms with Crippen molar-refractivity contribution < 1.29 is 14.6 Å². The number of piperazine rings is 1. The first-order valence-electron chi connectivity index (χ1n) is 5.41. The summed E-state index contributed by atoms with van der Waals surface area (Å²) in [6, 6.07) is 0.528. The molecular weight excluding hydrogens is 196 g/mol. The third-order valence-corrected chi connectivity index (χ3v) is 2.62. The number of ether oxygens (including phenoxy) is 1. The predicted molar refractivity (Wildman–Crippen MR) is 56.7 cm³/mol. The quantitative estimate of drug-likeness (QED) is 0.729. The van der Waals surface area contributed by atoms with E-state index in [1.54, 1.807) is 4.90 Å². The van der Waals surface area contributed by atoms with Crippen LogP contribution >= 0.6 is 0 Å². The fourth-order valence-corrected chi connectivity index (χ4v) is 1.65. The lowest BCUT2D eigenvalue weighted by Gasteiger charge is -2.36. The van der Waals surface area contributed by atoms with Crippen LogP contribution in [-0.4, -0.2) is 66.4 Å². The van der Waals surface area contributed by atoms with Crippen molar-refractivity contribution in [2.75, 3.05) is 39.4 Å². The van der Waals surface area contributed by atoms with Crippen LogP contribution in [0.25, 0.3) is 0 Å². The zero-order valence-corrected chi connectivity index (χ0v) is 9.48. The van der Waals surface area contributed by atoms with Gasteiger partial charge in [-0.3, -0.25) is 4.90 Å². The van der Waals surface area contributed by atoms with Gasteiger partial charge in [0.1, 0.15) is 6.61 Å². The van der Waals surface area contributed by atoms with Gasteiger partial charge in [-0.2, -0.15) is 0 Å². The second kappa shape index (κ2) is 5.92. The summed E-state index contributed by atoms with van der Waals surface area (Å²) in [7, 11) is 0. The number of carbonyl (C=O) groups is 1. The highest BCUT2D eigenvalue weighted by Crippen LogP contribution is 2.06. The van der Waals surface area contributed by atoms with Gasteiger partial charge in [0.2, 0.25) is 0 Å². The van der Waals surface area contributed by atoms with Crippen LogP contribution in [0.1, 0.15) is 13.8 Å². The first-order valence-corrected chi connectivity index (χ1v) is 5.41. The smallest absolute Gasteiger partial charge is 0.409 e. The maximum absolute atomic E-state index is 11.4. The highest BCUT2D eigenvalue weighted by molar-refractivity contribution is 5.67. The Balaban J connectivity index is 2.27. The van der Waals surface area contributed by atoms with E-state index in [2.05, 4.69) is 18.7 Å². The number of aliphatic hydroxyl groups is 1. The average molecular weight is 216 g/mol. The molecule has 0 saturated carbocycles. The van der Waals surface area contributed by atoms with Gasteiger partial charge in [0.05, 0.1) is 6.61 Å². The van der Waals surface area contributed by atoms with Crippen LogP contribution in [0, 0.1) is 0 Å². The number of amides is 1. The summed E-state index contributed by atoms with van der Waals surface area (Å²) in [6.07, 6.45) is -0.313. The molecule has 88 valence electrons. The average Bonchev–Trinajstić information content (AvgIpc) is 2.26. The molecule has 0 aromatic carbocycles. The number of hydrogen-bond acceptors (Lipinski definition) is 4. The molecule has 1 N–H and O–H groups in total. The third-order valence-electron chi connectivity index (χ3n) is 2.62. The van der Waals surface area contributed by atoms with E-state index in [0.717, 1.165) is 13.1 Å². The van der Waals surface area contributed by atoms with E-state index in [-0.39, 0.29) is 19.3 Å². The molecule has 0 aliphatic carbocycles. The van der Waals surface area contributed by atoms with Crippen LogP contribution in [0.4, 0.5) is 4.79 Å². The Morgan fingerprint density at radius 1 is 1.33 bits per heavy atom. The standard InChI is InChI=1S/C10H20N2O3/c1-9(2)11-3-5-12(6-4-11)10(14)15-8-7-13/h9,13H,3-8H2,1-2H3. The Kier molecular flexibility index (Phi) is 4.84. The van der Waals surface area contributed by atoms with Crippen molar-refractivity contribution in [3.8, 4) is 0 Å². The summed E-state index contributed by atoms with van der Waals surface area (Å²) >= 11 is 0. The number of nitrogens with zero attached hydrogens (tertiary/aromatic N) is 2. The Morgan fingerprint density at radius 2 is 1.93 bits per heavy atom. The van der Waals surface area contributed by atoms with Crippen LogP contribution in [0.5, 0.6) is 0 Å². The molecule has 0 atom stereocenters. The molecule has 0 aromatic heterocycles. The molecule has 15 heavy (non-hydrogen) atoms. The van der Waals surface area contributed by atoms with Gasteiger partial charge in [-0.1, -0.05) is 0 Å². The van der Waals surface area contributed by atoms with Gasteiger partial charge >= 0.3 is 6.09 Å². The highest BCUT2D eigenvalue weighted by atomic mass is 16.6. The normalized spacial score (nSPS) is 18.3. The fraction of sp³-hybridized carbons (Fsp3) is 0.900. The molecule has 0 radical (unpaired) electrons. The van der Waals surface area contributed by atoms with Crippen molar-refractivity contribution in [1.29, 1.82) is 0 Å². The highest BCUT2D eigenvalue weighted by Gasteiger charge is 2.22. The molecule has 5 heteroatoms. The number of carbonyl (C=O) groups excluding carboxylic acids is 1. The van der Waals surface area contributed by atoms with Gasteiger partial charge in [-0.05, 0) is 13.8 Å². The molecule has 1 heterocycles. The summed E-state index contributed by atoms with van der Waals surface area (Å²) in [5, 5.41) is 8.52. The largest absolute Gasteiger partial charge is 0.447 e. The minimum absolute atomic E-state index is 0.0865. The summed E-state index contributed by atoms with van der Waals surface area (Å²) < 4.78 is 4.84. The van der Waals surface area contributed by atoms with Gasteiger partial charge < -0.3 is 14.7 Å². The minimum atomic E-state index is -0.313. The van der Waals surface area contributed by atoms with Crippen molar-refractivity contribution in [3.63, 3.8) is 0 Å². The molecule has 1 aliphatic heterocycles. The van der Waals surface area contributed by atoms with E-state index >= 15 is 0 Å². The Morgan fingerprint density at radius 3 is 2.40 bits per heavy atom. The zero-order chi connectivity index (χ0) is 11.3. The SMILES string of the molecule is CC(C)N1CCN(C(=O)OCCO)CC1. The predicted octanol–water partition coefficient (Wildman–Crippen LogP) is 0.141. The second-order valence-electron chi connectivity index (χ2n) is 3.95. The summed E-state index contributed by atoms with van der Waals surface area (Å²) in [4.78, 5) is 15.4. The number of aliphatic hydroxyl groups excluding tert-OH is 1. The minimum Gasteiger partial charge on any atom is -0.447 e. The molecule has 0 unspecified atom stereocenters. The van der Waals surface area contributed by atoms with Crippen LogP contribution in [0.15, 0.2) is 0 Å². The van der Waals surface area contributed by atoms with Crippen LogP contribution in [0.2, 0.25) is 0 Å². The van der Waals surface area contributed by atoms with Crippen molar-refractivity contribution in [3.05, 3.63) is 0 Å². The first kappa shape index (κ1) is 12.3. The van der Waals surface area contributed by atoms with Gasteiger partial charge in [-0.15, -0.1) is 0 Å². The van der Waals surface area contributed by atoms with E-state index in [4.69, 9.17) is 9.84 Å². The molecule has 1 rings (SSSR count). The van der Waals surface area contributed by atoms with E-state index < -0.39 is 0 Å². The second-order valence-corrected chi connectivity index (χ2v) is 3.95. The lowest BCUT2D eigenvalue weighted by Crippen LogP contribution is -2.50. The summed E-state index contributed by atoms with van der Waals surface area (Å²) in [6.45, 7) is 7.49. The van der Waals surface area contributed by atoms with E-state index in [1.807, 2.05) is 0 Å². The van der Waals surface area contributed by atoms with Gasteiger partial charge in [0.15, 0.2) is 0 Å². The van der Waals surface area contributed by atoms with Crippen molar-refractivity contribution in [1.82, 2.24) is 9.80 Å². The van der Waals surface area contributed by atoms with Gasteiger partial charge in [0.25, 0.3) is 0 Å². The van der Waals surface area contributed by atoms with E-state index in [1.165, 1.54) is 0 Å². The van der Waals surface area contributed by atoms with Crippen LogP contribution < -0.4 is 0 Å². The lowest BCUT2D eigenvalue weighted by molar-refractivity contribution is 0.0582. The molecule has 1 amide bonds. The molecule has 5 nitrogen and oxygen atoms in total. The zero-order valence-electron chi connectivity index (χ0n) is 9.48. The van der Waals surface area contributed by atoms with Gasteiger partial charge in [0, 0.05) is 32.2 Å². The summed E-state index contributed by atoms with van der Waals surface area (Å²) in [5.41, 5.74) is 0. The molecular formula is C10H20N2O3. The number of rotatable bonds is 3. The number of hydrogen-bond donors (Lipinski definition) is 1. The molecule has 0 bridgehead atoms.